The van der Waals surface area contributed by atoms with Crippen LogP contribution in [0, 0.1) is 0 Å². The summed E-state index contributed by atoms with van der Waals surface area (Å²) < 4.78 is 9.93. The molecule has 5 nitrogen and oxygen atoms in total. The van der Waals surface area contributed by atoms with Gasteiger partial charge < -0.3 is 14.6 Å². The normalized spacial score (nSPS) is 10.9. The van der Waals surface area contributed by atoms with Crippen molar-refractivity contribution < 1.29 is 24.2 Å². The van der Waals surface area contributed by atoms with Crippen LogP contribution in [0.5, 0.6) is 5.75 Å². The van der Waals surface area contributed by atoms with Gasteiger partial charge in [0.1, 0.15) is 18.1 Å². The first-order chi connectivity index (χ1) is 11.1. The lowest BCUT2D eigenvalue weighted by Gasteiger charge is -2.08. The van der Waals surface area contributed by atoms with Gasteiger partial charge in [0.15, 0.2) is 0 Å². The minimum atomic E-state index is -1.03. The van der Waals surface area contributed by atoms with E-state index in [1.165, 1.54) is 0 Å². The SMILES string of the molecule is COC(=O)C(=O)/C=C(\O)c1cccc(OCc2ccccc2)c1. The number of ketones is 1. The second-order valence-corrected chi connectivity index (χ2v) is 4.69. The first-order valence-electron chi connectivity index (χ1n) is 6.90. The van der Waals surface area contributed by atoms with Crippen molar-refractivity contribution in [2.75, 3.05) is 7.11 Å². The summed E-state index contributed by atoms with van der Waals surface area (Å²) in [5, 5.41) is 9.92. The Morgan fingerprint density at radius 3 is 2.52 bits per heavy atom. The van der Waals surface area contributed by atoms with E-state index >= 15 is 0 Å². The monoisotopic (exact) mass is 312 g/mol. The van der Waals surface area contributed by atoms with E-state index < -0.39 is 11.8 Å². The van der Waals surface area contributed by atoms with Gasteiger partial charge in [-0.1, -0.05) is 42.5 Å². The molecule has 0 saturated heterocycles. The van der Waals surface area contributed by atoms with Crippen LogP contribution in [-0.2, 0) is 20.9 Å². The number of ether oxygens (including phenoxy) is 2. The fraction of sp³-hybridized carbons (Fsp3) is 0.111. The van der Waals surface area contributed by atoms with Crippen LogP contribution in [0.2, 0.25) is 0 Å². The highest BCUT2D eigenvalue weighted by Crippen LogP contribution is 2.19. The van der Waals surface area contributed by atoms with Crippen LogP contribution in [0.3, 0.4) is 0 Å². The van der Waals surface area contributed by atoms with E-state index in [2.05, 4.69) is 4.74 Å². The van der Waals surface area contributed by atoms with Crippen LogP contribution in [0.15, 0.2) is 60.7 Å². The van der Waals surface area contributed by atoms with Gasteiger partial charge in [-0.15, -0.1) is 0 Å². The van der Waals surface area contributed by atoms with Crippen LogP contribution in [0.1, 0.15) is 11.1 Å². The molecule has 0 unspecified atom stereocenters. The smallest absolute Gasteiger partial charge is 0.378 e. The molecule has 0 fully saturated rings. The maximum Gasteiger partial charge on any atom is 0.378 e. The summed E-state index contributed by atoms with van der Waals surface area (Å²) >= 11 is 0. The van der Waals surface area contributed by atoms with Crippen LogP contribution >= 0.6 is 0 Å². The van der Waals surface area contributed by atoms with Gasteiger partial charge in [-0.05, 0) is 17.7 Å². The minimum absolute atomic E-state index is 0.328. The number of esters is 1. The molecule has 0 aliphatic rings. The summed E-state index contributed by atoms with van der Waals surface area (Å²) in [5.41, 5.74) is 1.38. The molecule has 5 heteroatoms. The molecule has 1 N–H and O–H groups in total. The fourth-order valence-corrected chi connectivity index (χ4v) is 1.85. The number of aliphatic hydroxyl groups is 1. The molecule has 0 atom stereocenters. The topological polar surface area (TPSA) is 72.8 Å². The lowest BCUT2D eigenvalue weighted by atomic mass is 10.1. The molecular formula is C18H16O5. The van der Waals surface area contributed by atoms with Gasteiger partial charge >= 0.3 is 5.97 Å². The zero-order chi connectivity index (χ0) is 16.7. The number of benzene rings is 2. The molecule has 2 rings (SSSR count). The Labute approximate surface area is 133 Å². The zero-order valence-corrected chi connectivity index (χ0v) is 12.6. The molecule has 0 radical (unpaired) electrons. The van der Waals surface area contributed by atoms with Crippen molar-refractivity contribution in [3.8, 4) is 5.75 Å². The third-order valence-electron chi connectivity index (χ3n) is 3.03. The standard InChI is InChI=1S/C18H16O5/c1-22-18(21)17(20)11-16(19)14-8-5-9-15(10-14)23-12-13-6-3-2-4-7-13/h2-11,19H,12H2,1H3/b16-11-. The molecule has 0 aromatic heterocycles. The first-order valence-corrected chi connectivity index (χ1v) is 6.90. The number of hydrogen-bond donors (Lipinski definition) is 1. The average molecular weight is 312 g/mol. The predicted octanol–water partition coefficient (Wildman–Crippen LogP) is 2.91. The highest BCUT2D eigenvalue weighted by atomic mass is 16.5. The number of rotatable bonds is 6. The third-order valence-corrected chi connectivity index (χ3v) is 3.03. The van der Waals surface area contributed by atoms with Crippen molar-refractivity contribution in [3.05, 3.63) is 71.8 Å². The van der Waals surface area contributed by atoms with Crippen molar-refractivity contribution in [2.45, 2.75) is 6.61 Å². The van der Waals surface area contributed by atoms with Crippen molar-refractivity contribution in [1.82, 2.24) is 0 Å². The van der Waals surface area contributed by atoms with E-state index in [0.29, 0.717) is 17.9 Å². The average Bonchev–Trinajstić information content (AvgIpc) is 2.60. The van der Waals surface area contributed by atoms with Crippen molar-refractivity contribution in [2.24, 2.45) is 0 Å². The Morgan fingerprint density at radius 2 is 1.83 bits per heavy atom. The van der Waals surface area contributed by atoms with Crippen LogP contribution in [0.4, 0.5) is 0 Å². The van der Waals surface area contributed by atoms with Crippen molar-refractivity contribution in [3.63, 3.8) is 0 Å². The molecule has 23 heavy (non-hydrogen) atoms. The second-order valence-electron chi connectivity index (χ2n) is 4.69. The molecule has 0 saturated carbocycles. The molecule has 2 aromatic rings. The summed E-state index contributed by atoms with van der Waals surface area (Å²) in [6.07, 6.45) is 0.822. The van der Waals surface area contributed by atoms with Gasteiger partial charge in [0, 0.05) is 11.6 Å². The maximum absolute atomic E-state index is 11.4. The molecule has 0 aliphatic carbocycles. The Morgan fingerprint density at radius 1 is 1.09 bits per heavy atom. The third kappa shape index (κ3) is 4.71. The van der Waals surface area contributed by atoms with Gasteiger partial charge in [-0.25, -0.2) is 4.79 Å². The molecule has 0 aliphatic heterocycles. The van der Waals surface area contributed by atoms with Crippen LogP contribution < -0.4 is 4.74 Å². The first kappa shape index (κ1) is 16.3. The lowest BCUT2D eigenvalue weighted by Crippen LogP contribution is -2.13. The summed E-state index contributed by atoms with van der Waals surface area (Å²) in [5.74, 6) is -1.75. The van der Waals surface area contributed by atoms with Crippen LogP contribution in [0.25, 0.3) is 5.76 Å². The zero-order valence-electron chi connectivity index (χ0n) is 12.6. The number of aliphatic hydroxyl groups excluding tert-OH is 1. The number of methoxy groups -OCH3 is 1. The molecule has 2 aromatic carbocycles. The lowest BCUT2D eigenvalue weighted by molar-refractivity contribution is -0.149. The van der Waals surface area contributed by atoms with Crippen molar-refractivity contribution in [1.29, 1.82) is 0 Å². The highest BCUT2D eigenvalue weighted by molar-refractivity contribution is 6.39. The highest BCUT2D eigenvalue weighted by Gasteiger charge is 2.13. The molecule has 118 valence electrons. The van der Waals surface area contributed by atoms with Gasteiger partial charge in [-0.2, -0.15) is 0 Å². The van der Waals surface area contributed by atoms with Gasteiger partial charge in [0.2, 0.25) is 0 Å². The van der Waals surface area contributed by atoms with E-state index in [9.17, 15) is 14.7 Å². The molecule has 0 amide bonds. The summed E-state index contributed by atoms with van der Waals surface area (Å²) in [7, 11) is 1.10. The predicted molar refractivity (Wildman–Crippen MR) is 84.8 cm³/mol. The van der Waals surface area contributed by atoms with Crippen molar-refractivity contribution >= 4 is 17.5 Å². The molecular weight excluding hydrogens is 296 g/mol. The second kappa shape index (κ2) is 7.79. The van der Waals surface area contributed by atoms with E-state index in [-0.39, 0.29) is 5.76 Å². The summed E-state index contributed by atoms with van der Waals surface area (Å²) in [6.45, 7) is 0.385. The molecule has 0 spiro atoms. The Bertz CT molecular complexity index is 719. The number of carbonyl (C=O) groups excluding carboxylic acids is 2. The Balaban J connectivity index is 2.08. The fourth-order valence-electron chi connectivity index (χ4n) is 1.85. The largest absolute Gasteiger partial charge is 0.507 e. The number of hydrogen-bond acceptors (Lipinski definition) is 5. The van der Waals surface area contributed by atoms with E-state index in [1.807, 2.05) is 30.3 Å². The summed E-state index contributed by atoms with van der Waals surface area (Å²) in [4.78, 5) is 22.5. The summed E-state index contributed by atoms with van der Waals surface area (Å²) in [6, 6.07) is 16.2. The Kier molecular flexibility index (Phi) is 5.52. The quantitative estimate of drug-likeness (QED) is 0.384. The van der Waals surface area contributed by atoms with E-state index in [4.69, 9.17) is 4.74 Å². The molecule has 0 bridgehead atoms. The van der Waals surface area contributed by atoms with Gasteiger partial charge in [0.25, 0.3) is 5.78 Å². The van der Waals surface area contributed by atoms with Crippen LogP contribution in [-0.4, -0.2) is 24.0 Å². The van der Waals surface area contributed by atoms with E-state index in [0.717, 1.165) is 18.7 Å². The maximum atomic E-state index is 11.4. The van der Waals surface area contributed by atoms with Gasteiger partial charge in [0.05, 0.1) is 7.11 Å². The molecule has 0 heterocycles. The number of carbonyl (C=O) groups is 2. The minimum Gasteiger partial charge on any atom is -0.507 e. The Hall–Kier alpha value is -3.08. The van der Waals surface area contributed by atoms with E-state index in [1.54, 1.807) is 24.3 Å². The van der Waals surface area contributed by atoms with Gasteiger partial charge in [-0.3, -0.25) is 4.79 Å².